The van der Waals surface area contributed by atoms with Crippen molar-refractivity contribution < 1.29 is 18.7 Å². The van der Waals surface area contributed by atoms with Crippen LogP contribution in [0.5, 0.6) is 0 Å². The Labute approximate surface area is 230 Å². The number of benzene rings is 2. The summed E-state index contributed by atoms with van der Waals surface area (Å²) in [7, 11) is 0. The molecule has 0 bridgehead atoms. The monoisotopic (exact) mass is 551 g/mol. The van der Waals surface area contributed by atoms with Gasteiger partial charge in [0.05, 0.1) is 24.3 Å². The van der Waals surface area contributed by atoms with Crippen molar-refractivity contribution in [3.63, 3.8) is 0 Å². The number of morpholine rings is 1. The van der Waals surface area contributed by atoms with Gasteiger partial charge in [-0.3, -0.25) is 4.79 Å². The first kappa shape index (κ1) is 26.2. The van der Waals surface area contributed by atoms with E-state index in [1.54, 1.807) is 43.9 Å². The number of hydrogen-bond acceptors (Lipinski definition) is 5. The lowest BCUT2D eigenvalue weighted by Crippen LogP contribution is -2.43. The van der Waals surface area contributed by atoms with Crippen molar-refractivity contribution in [2.45, 2.75) is 20.8 Å². The zero-order valence-corrected chi connectivity index (χ0v) is 22.8. The number of Topliss-reactive ketones (excluding diaryl/α,β-unsaturated/α-hetero) is 1. The molecule has 1 aliphatic rings. The van der Waals surface area contributed by atoms with E-state index in [9.17, 15) is 9.59 Å². The SMILES string of the molecule is CC(C)(C)C(=O)c1oc2nc(-c3ccccc3Cl)c(-c3ccc(Cl)cc3)cc2c1NC(=O)N1CCOCC1. The quantitative estimate of drug-likeness (QED) is 0.264. The molecule has 2 aromatic heterocycles. The van der Waals surface area contributed by atoms with Crippen LogP contribution < -0.4 is 5.32 Å². The molecule has 5 rings (SSSR count). The van der Waals surface area contributed by atoms with Gasteiger partial charge >= 0.3 is 6.03 Å². The van der Waals surface area contributed by atoms with Crippen molar-refractivity contribution in [3.05, 3.63) is 70.4 Å². The van der Waals surface area contributed by atoms with Gasteiger partial charge in [-0.1, -0.05) is 74.3 Å². The van der Waals surface area contributed by atoms with Gasteiger partial charge in [-0.05, 0) is 29.8 Å². The second kappa shape index (κ2) is 10.4. The zero-order valence-electron chi connectivity index (χ0n) is 21.3. The lowest BCUT2D eigenvalue weighted by molar-refractivity contribution is 0.0564. The second-order valence-electron chi connectivity index (χ2n) is 10.1. The van der Waals surface area contributed by atoms with E-state index in [1.807, 2.05) is 36.4 Å². The summed E-state index contributed by atoms with van der Waals surface area (Å²) in [6.45, 7) is 7.23. The van der Waals surface area contributed by atoms with Crippen LogP contribution in [0.2, 0.25) is 10.0 Å². The fraction of sp³-hybridized carbons (Fsp3) is 0.276. The summed E-state index contributed by atoms with van der Waals surface area (Å²) in [5, 5.41) is 4.58. The molecule has 2 aromatic carbocycles. The van der Waals surface area contributed by atoms with E-state index >= 15 is 0 Å². The summed E-state index contributed by atoms with van der Waals surface area (Å²) in [5.74, 6) is -0.194. The molecule has 0 atom stereocenters. The lowest BCUT2D eigenvalue weighted by Gasteiger charge is -2.27. The molecule has 38 heavy (non-hydrogen) atoms. The van der Waals surface area contributed by atoms with Crippen LogP contribution in [0, 0.1) is 5.41 Å². The molecule has 0 spiro atoms. The average molecular weight is 552 g/mol. The number of amides is 2. The number of carbonyl (C=O) groups excluding carboxylic acids is 2. The predicted molar refractivity (Wildman–Crippen MR) is 150 cm³/mol. The molecule has 1 saturated heterocycles. The van der Waals surface area contributed by atoms with Gasteiger partial charge < -0.3 is 19.4 Å². The van der Waals surface area contributed by atoms with Crippen molar-refractivity contribution in [1.29, 1.82) is 0 Å². The van der Waals surface area contributed by atoms with Gasteiger partial charge in [0.1, 0.15) is 5.69 Å². The third-order valence-corrected chi connectivity index (χ3v) is 6.97. The maximum atomic E-state index is 13.5. The number of fused-ring (bicyclic) bond motifs is 1. The van der Waals surface area contributed by atoms with Crippen LogP contribution in [0.25, 0.3) is 33.5 Å². The number of pyridine rings is 1. The molecule has 1 N–H and O–H groups in total. The van der Waals surface area contributed by atoms with Gasteiger partial charge in [-0.15, -0.1) is 0 Å². The fourth-order valence-corrected chi connectivity index (χ4v) is 4.66. The summed E-state index contributed by atoms with van der Waals surface area (Å²) in [6.07, 6.45) is 0. The van der Waals surface area contributed by atoms with Crippen LogP contribution in [0.3, 0.4) is 0 Å². The molecule has 1 aliphatic heterocycles. The Morgan fingerprint density at radius 2 is 1.66 bits per heavy atom. The maximum absolute atomic E-state index is 13.5. The van der Waals surface area contributed by atoms with E-state index in [1.165, 1.54) is 0 Å². The van der Waals surface area contributed by atoms with E-state index in [0.29, 0.717) is 58.7 Å². The highest BCUT2D eigenvalue weighted by molar-refractivity contribution is 6.33. The third-order valence-electron chi connectivity index (χ3n) is 6.38. The summed E-state index contributed by atoms with van der Waals surface area (Å²) < 4.78 is 11.5. The van der Waals surface area contributed by atoms with Crippen LogP contribution in [-0.2, 0) is 4.74 Å². The Kier molecular flexibility index (Phi) is 7.18. The van der Waals surface area contributed by atoms with Gasteiger partial charge in [0, 0.05) is 39.7 Å². The van der Waals surface area contributed by atoms with Crippen LogP contribution in [-0.4, -0.2) is 48.0 Å². The molecule has 0 aliphatic carbocycles. The number of halogens is 2. The van der Waals surface area contributed by atoms with E-state index in [4.69, 9.17) is 37.3 Å². The van der Waals surface area contributed by atoms with Crippen LogP contribution >= 0.6 is 23.2 Å². The van der Waals surface area contributed by atoms with Gasteiger partial charge in [0.25, 0.3) is 0 Å². The van der Waals surface area contributed by atoms with Crippen LogP contribution in [0.4, 0.5) is 10.5 Å². The molecular formula is C29H27Cl2N3O4. The number of hydrogen-bond donors (Lipinski definition) is 1. The Hall–Kier alpha value is -3.39. The highest BCUT2D eigenvalue weighted by Crippen LogP contribution is 2.41. The number of carbonyl (C=O) groups is 2. The molecule has 9 heteroatoms. The molecule has 2 amide bonds. The minimum Gasteiger partial charge on any atom is -0.432 e. The smallest absolute Gasteiger partial charge is 0.322 e. The van der Waals surface area contributed by atoms with E-state index in [2.05, 4.69) is 5.32 Å². The minimum absolute atomic E-state index is 0.0555. The van der Waals surface area contributed by atoms with Crippen molar-refractivity contribution in [2.24, 2.45) is 5.41 Å². The van der Waals surface area contributed by atoms with Crippen LogP contribution in [0.1, 0.15) is 31.3 Å². The Morgan fingerprint density at radius 1 is 0.974 bits per heavy atom. The predicted octanol–water partition coefficient (Wildman–Crippen LogP) is 7.56. The largest absolute Gasteiger partial charge is 0.432 e. The molecule has 1 fully saturated rings. The number of nitrogens with one attached hydrogen (secondary N) is 1. The number of ketones is 1. The van der Waals surface area contributed by atoms with Gasteiger partial charge in [-0.2, -0.15) is 0 Å². The summed E-state index contributed by atoms with van der Waals surface area (Å²) >= 11 is 12.7. The molecule has 3 heterocycles. The van der Waals surface area contributed by atoms with Gasteiger partial charge in [-0.25, -0.2) is 9.78 Å². The first-order chi connectivity index (χ1) is 18.1. The average Bonchev–Trinajstić information content (AvgIpc) is 3.25. The Bertz CT molecular complexity index is 1520. The third kappa shape index (κ3) is 5.14. The van der Waals surface area contributed by atoms with Crippen molar-refractivity contribution in [3.8, 4) is 22.4 Å². The normalized spacial score (nSPS) is 14.1. The first-order valence-corrected chi connectivity index (χ1v) is 13.1. The molecule has 196 valence electrons. The number of nitrogens with zero attached hydrogens (tertiary/aromatic N) is 2. The van der Waals surface area contributed by atoms with E-state index in [-0.39, 0.29) is 23.3 Å². The van der Waals surface area contributed by atoms with Crippen molar-refractivity contribution in [1.82, 2.24) is 9.88 Å². The topological polar surface area (TPSA) is 84.7 Å². The van der Waals surface area contributed by atoms with Gasteiger partial charge in [0.2, 0.25) is 11.5 Å². The summed E-state index contributed by atoms with van der Waals surface area (Å²) in [5.41, 5.74) is 2.65. The molecule has 0 saturated carbocycles. The first-order valence-electron chi connectivity index (χ1n) is 12.3. The Balaban J connectivity index is 1.74. The standard InChI is InChI=1S/C29H27Cl2N3O4/c1-29(2,3)26(35)25-24(33-28(36)34-12-14-37-15-13-34)21-16-20(17-8-10-18(30)11-9-17)23(32-27(21)38-25)19-6-4-5-7-22(19)31/h4-11,16H,12-15H2,1-3H3,(H,33,36). The molecule has 0 radical (unpaired) electrons. The highest BCUT2D eigenvalue weighted by Gasteiger charge is 2.33. The number of furan rings is 1. The summed E-state index contributed by atoms with van der Waals surface area (Å²) in [6, 6.07) is 16.3. The highest BCUT2D eigenvalue weighted by atomic mass is 35.5. The number of aromatic nitrogens is 1. The number of anilines is 1. The number of urea groups is 1. The zero-order chi connectivity index (χ0) is 27.0. The molecule has 4 aromatic rings. The summed E-state index contributed by atoms with van der Waals surface area (Å²) in [4.78, 5) is 33.2. The Morgan fingerprint density at radius 3 is 2.32 bits per heavy atom. The second-order valence-corrected chi connectivity index (χ2v) is 11.0. The van der Waals surface area contributed by atoms with Crippen molar-refractivity contribution >= 4 is 51.8 Å². The maximum Gasteiger partial charge on any atom is 0.322 e. The molecular weight excluding hydrogens is 525 g/mol. The number of rotatable bonds is 4. The van der Waals surface area contributed by atoms with E-state index in [0.717, 1.165) is 11.1 Å². The minimum atomic E-state index is -0.753. The number of ether oxygens (including phenoxy) is 1. The van der Waals surface area contributed by atoms with Crippen LogP contribution in [0.15, 0.2) is 59.0 Å². The molecule has 7 nitrogen and oxygen atoms in total. The lowest BCUT2D eigenvalue weighted by atomic mass is 9.89. The van der Waals surface area contributed by atoms with E-state index < -0.39 is 5.41 Å². The van der Waals surface area contributed by atoms with Gasteiger partial charge in [0.15, 0.2) is 5.76 Å². The van der Waals surface area contributed by atoms with Crippen molar-refractivity contribution in [2.75, 3.05) is 31.6 Å². The fourth-order valence-electron chi connectivity index (χ4n) is 4.31. The molecule has 0 unspecified atom stereocenters.